The zero-order chi connectivity index (χ0) is 17.1. The molecule has 0 aliphatic heterocycles. The van der Waals surface area contributed by atoms with Crippen molar-refractivity contribution in [1.29, 1.82) is 0 Å². The molecule has 2 unspecified atom stereocenters. The molecular formula is C19H28N2O3. The average Bonchev–Trinajstić information content (AvgIpc) is 3.43. The Labute approximate surface area is 144 Å². The Kier molecular flexibility index (Phi) is 5.29. The van der Waals surface area contributed by atoms with Crippen molar-refractivity contribution in [2.45, 2.75) is 57.2 Å². The molecule has 3 rings (SSSR count). The highest BCUT2D eigenvalue weighted by Crippen LogP contribution is 2.35. The van der Waals surface area contributed by atoms with E-state index in [1.54, 1.807) is 14.2 Å². The van der Waals surface area contributed by atoms with Crippen LogP contribution >= 0.6 is 0 Å². The average molecular weight is 332 g/mol. The third kappa shape index (κ3) is 3.83. The summed E-state index contributed by atoms with van der Waals surface area (Å²) in [5.41, 5.74) is 7.08. The molecule has 1 aromatic rings. The number of hydrogen-bond donors (Lipinski definition) is 1. The van der Waals surface area contributed by atoms with Gasteiger partial charge in [0.15, 0.2) is 0 Å². The minimum atomic E-state index is 0.0750. The zero-order valence-corrected chi connectivity index (χ0v) is 14.7. The van der Waals surface area contributed by atoms with Crippen molar-refractivity contribution in [2.24, 2.45) is 11.7 Å². The number of hydrogen-bond acceptors (Lipinski definition) is 4. The first-order valence-electron chi connectivity index (χ1n) is 8.89. The van der Waals surface area contributed by atoms with E-state index in [2.05, 4.69) is 0 Å². The maximum absolute atomic E-state index is 13.1. The summed E-state index contributed by atoms with van der Waals surface area (Å²) in [6, 6.07) is 6.28. The van der Waals surface area contributed by atoms with E-state index >= 15 is 0 Å². The minimum absolute atomic E-state index is 0.0750. The van der Waals surface area contributed by atoms with Crippen LogP contribution < -0.4 is 15.2 Å². The molecule has 1 aromatic carbocycles. The van der Waals surface area contributed by atoms with Crippen molar-refractivity contribution in [3.8, 4) is 11.5 Å². The van der Waals surface area contributed by atoms with Gasteiger partial charge >= 0.3 is 0 Å². The Morgan fingerprint density at radius 3 is 2.62 bits per heavy atom. The molecule has 2 atom stereocenters. The van der Waals surface area contributed by atoms with Gasteiger partial charge in [-0.3, -0.25) is 4.79 Å². The monoisotopic (exact) mass is 332 g/mol. The molecule has 0 radical (unpaired) electrons. The van der Waals surface area contributed by atoms with Crippen LogP contribution in [-0.4, -0.2) is 37.1 Å². The van der Waals surface area contributed by atoms with Crippen LogP contribution in [0, 0.1) is 5.92 Å². The first kappa shape index (κ1) is 17.1. The van der Waals surface area contributed by atoms with E-state index in [1.807, 2.05) is 23.1 Å². The van der Waals surface area contributed by atoms with Crippen LogP contribution in [0.3, 0.4) is 0 Å². The second-order valence-corrected chi connectivity index (χ2v) is 7.00. The van der Waals surface area contributed by atoms with Gasteiger partial charge in [-0.2, -0.15) is 0 Å². The van der Waals surface area contributed by atoms with Crippen LogP contribution in [0.1, 0.15) is 44.1 Å². The van der Waals surface area contributed by atoms with Gasteiger partial charge in [-0.05, 0) is 50.3 Å². The van der Waals surface area contributed by atoms with Gasteiger partial charge in [0, 0.05) is 30.1 Å². The van der Waals surface area contributed by atoms with E-state index in [0.29, 0.717) is 12.6 Å². The van der Waals surface area contributed by atoms with Gasteiger partial charge < -0.3 is 20.1 Å². The topological polar surface area (TPSA) is 64.8 Å². The van der Waals surface area contributed by atoms with Gasteiger partial charge in [-0.25, -0.2) is 0 Å². The molecule has 2 N–H and O–H groups in total. The van der Waals surface area contributed by atoms with Gasteiger partial charge in [0.1, 0.15) is 11.5 Å². The molecule has 2 aliphatic rings. The predicted octanol–water partition coefficient (Wildman–Crippen LogP) is 2.71. The van der Waals surface area contributed by atoms with E-state index in [9.17, 15) is 4.79 Å². The summed E-state index contributed by atoms with van der Waals surface area (Å²) in [5, 5.41) is 0. The molecule has 0 heterocycles. The number of nitrogens with zero attached hydrogens (tertiary/aromatic N) is 1. The smallest absolute Gasteiger partial charge is 0.226 e. The van der Waals surface area contributed by atoms with Gasteiger partial charge in [-0.1, -0.05) is 6.42 Å². The molecular weight excluding hydrogens is 304 g/mol. The molecule has 0 aromatic heterocycles. The third-order valence-electron chi connectivity index (χ3n) is 5.16. The maximum Gasteiger partial charge on any atom is 0.226 e. The van der Waals surface area contributed by atoms with Crippen molar-refractivity contribution in [2.75, 3.05) is 14.2 Å². The summed E-state index contributed by atoms with van der Waals surface area (Å²) in [6.07, 6.45) is 6.06. The summed E-state index contributed by atoms with van der Waals surface area (Å²) < 4.78 is 10.8. The number of benzene rings is 1. The van der Waals surface area contributed by atoms with Crippen LogP contribution in [0.4, 0.5) is 0 Å². The van der Waals surface area contributed by atoms with Crippen LogP contribution in [-0.2, 0) is 11.3 Å². The summed E-state index contributed by atoms with van der Waals surface area (Å²) in [7, 11) is 3.31. The van der Waals surface area contributed by atoms with Gasteiger partial charge in [0.05, 0.1) is 14.2 Å². The van der Waals surface area contributed by atoms with Gasteiger partial charge in [0.25, 0.3) is 0 Å². The first-order valence-corrected chi connectivity index (χ1v) is 8.89. The highest BCUT2D eigenvalue weighted by Gasteiger charge is 2.37. The fraction of sp³-hybridized carbons (Fsp3) is 0.632. The van der Waals surface area contributed by atoms with E-state index < -0.39 is 0 Å². The molecule has 2 fully saturated rings. The highest BCUT2D eigenvalue weighted by molar-refractivity contribution is 5.79. The second-order valence-electron chi connectivity index (χ2n) is 7.00. The van der Waals surface area contributed by atoms with Crippen molar-refractivity contribution in [1.82, 2.24) is 4.90 Å². The quantitative estimate of drug-likeness (QED) is 0.870. The summed E-state index contributed by atoms with van der Waals surface area (Å²) >= 11 is 0. The Morgan fingerprint density at radius 2 is 2.00 bits per heavy atom. The SMILES string of the molecule is COc1ccc(OC)c(CN(C(=O)C2CCCC(N)C2)C2CC2)c1. The van der Waals surface area contributed by atoms with E-state index in [4.69, 9.17) is 15.2 Å². The van der Waals surface area contributed by atoms with Crippen molar-refractivity contribution >= 4 is 5.91 Å². The second kappa shape index (κ2) is 7.43. The molecule has 5 heteroatoms. The lowest BCUT2D eigenvalue weighted by Crippen LogP contribution is -2.41. The maximum atomic E-state index is 13.1. The van der Waals surface area contributed by atoms with Crippen LogP contribution in [0.25, 0.3) is 0 Å². The molecule has 5 nitrogen and oxygen atoms in total. The fourth-order valence-corrected chi connectivity index (χ4v) is 3.65. The molecule has 2 aliphatic carbocycles. The summed E-state index contributed by atoms with van der Waals surface area (Å²) in [5.74, 6) is 1.92. The van der Waals surface area contributed by atoms with Crippen LogP contribution in [0.15, 0.2) is 18.2 Å². The normalized spacial score (nSPS) is 23.6. The number of rotatable bonds is 6. The lowest BCUT2D eigenvalue weighted by molar-refractivity contribution is -0.138. The molecule has 24 heavy (non-hydrogen) atoms. The van der Waals surface area contributed by atoms with Crippen LogP contribution in [0.2, 0.25) is 0 Å². The van der Waals surface area contributed by atoms with Gasteiger partial charge in [0.2, 0.25) is 5.91 Å². The summed E-state index contributed by atoms with van der Waals surface area (Å²) in [4.78, 5) is 15.1. The number of ether oxygens (including phenoxy) is 2. The summed E-state index contributed by atoms with van der Waals surface area (Å²) in [6.45, 7) is 0.579. The molecule has 1 amide bonds. The van der Waals surface area contributed by atoms with E-state index in [0.717, 1.165) is 55.6 Å². The molecule has 2 saturated carbocycles. The molecule has 0 bridgehead atoms. The Balaban J connectivity index is 1.78. The largest absolute Gasteiger partial charge is 0.497 e. The Hall–Kier alpha value is -1.75. The molecule has 0 saturated heterocycles. The van der Waals surface area contributed by atoms with Gasteiger partial charge in [-0.15, -0.1) is 0 Å². The van der Waals surface area contributed by atoms with E-state index in [1.165, 1.54) is 0 Å². The fourth-order valence-electron chi connectivity index (χ4n) is 3.65. The highest BCUT2D eigenvalue weighted by atomic mass is 16.5. The number of amides is 1. The Morgan fingerprint density at radius 1 is 1.21 bits per heavy atom. The lowest BCUT2D eigenvalue weighted by Gasteiger charge is -2.32. The molecule has 0 spiro atoms. The Bertz CT molecular complexity index is 586. The van der Waals surface area contributed by atoms with Crippen molar-refractivity contribution in [3.05, 3.63) is 23.8 Å². The zero-order valence-electron chi connectivity index (χ0n) is 14.7. The third-order valence-corrected chi connectivity index (χ3v) is 5.16. The molecule has 132 valence electrons. The number of nitrogens with two attached hydrogens (primary N) is 1. The number of carbonyl (C=O) groups is 1. The standard InChI is InChI=1S/C19H28N2O3/c1-23-17-8-9-18(24-2)14(11-17)12-21(16-6-7-16)19(22)13-4-3-5-15(20)10-13/h8-9,11,13,15-16H,3-7,10,12,20H2,1-2H3. The van der Waals surface area contributed by atoms with Crippen molar-refractivity contribution in [3.63, 3.8) is 0 Å². The number of carbonyl (C=O) groups excluding carboxylic acids is 1. The van der Waals surface area contributed by atoms with E-state index in [-0.39, 0.29) is 17.9 Å². The lowest BCUT2D eigenvalue weighted by atomic mass is 9.85. The van der Waals surface area contributed by atoms with Crippen LogP contribution in [0.5, 0.6) is 11.5 Å². The first-order chi connectivity index (χ1) is 11.6. The van der Waals surface area contributed by atoms with Crippen molar-refractivity contribution < 1.29 is 14.3 Å². The predicted molar refractivity (Wildman–Crippen MR) is 93.1 cm³/mol. The minimum Gasteiger partial charge on any atom is -0.497 e. The number of methoxy groups -OCH3 is 2.